The molecule has 6 nitrogen and oxygen atoms in total. The fourth-order valence-electron chi connectivity index (χ4n) is 2.42. The first-order valence-electron chi connectivity index (χ1n) is 8.12. The molecule has 0 aliphatic heterocycles. The summed E-state index contributed by atoms with van der Waals surface area (Å²) in [6.07, 6.45) is 2.77. The lowest BCUT2D eigenvalue weighted by atomic mass is 10.4. The molecule has 0 atom stereocenters. The van der Waals surface area contributed by atoms with Crippen LogP contribution in [0.4, 0.5) is 0 Å². The van der Waals surface area contributed by atoms with Crippen molar-refractivity contribution in [1.29, 1.82) is 0 Å². The Morgan fingerprint density at radius 1 is 1.20 bits per heavy atom. The number of aryl methyl sites for hydroxylation is 1. The van der Waals surface area contributed by atoms with Gasteiger partial charge in [0.2, 0.25) is 0 Å². The molecule has 3 aromatic heterocycles. The number of guanidine groups is 1. The first kappa shape index (κ1) is 19.6. The van der Waals surface area contributed by atoms with Crippen molar-refractivity contribution in [2.24, 2.45) is 4.99 Å². The van der Waals surface area contributed by atoms with Crippen molar-refractivity contribution in [3.8, 4) is 0 Å². The van der Waals surface area contributed by atoms with Gasteiger partial charge < -0.3 is 10.6 Å². The van der Waals surface area contributed by atoms with Gasteiger partial charge in [0, 0.05) is 35.5 Å². The summed E-state index contributed by atoms with van der Waals surface area (Å²) in [5.41, 5.74) is 0.876. The van der Waals surface area contributed by atoms with Crippen LogP contribution in [-0.2, 0) is 13.0 Å². The van der Waals surface area contributed by atoms with Gasteiger partial charge in [0.15, 0.2) is 11.6 Å². The molecule has 0 aromatic carbocycles. The maximum Gasteiger partial charge on any atom is 0.191 e. The number of aliphatic imine (C=N–C) groups is 1. The molecular weight excluding hydrogens is 447 g/mol. The Bertz CT molecular complexity index is 825. The molecule has 3 aromatic rings. The molecule has 0 unspecified atom stereocenters. The average molecular weight is 470 g/mol. The maximum atomic E-state index is 4.64. The number of pyridine rings is 1. The third-order valence-corrected chi connectivity index (χ3v) is 4.54. The van der Waals surface area contributed by atoms with E-state index in [1.165, 1.54) is 9.75 Å². The highest BCUT2D eigenvalue weighted by atomic mass is 127. The standard InChI is InChI=1S/C17H22N6S.HI/c1-3-18-17(20-12-14-8-7-13(2)24-14)19-10-9-16-22-21-15-6-4-5-11-23(15)16;/h4-8,11H,3,9-10,12H2,1-2H3,(H2,18,19,20);1H. The quantitative estimate of drug-likeness (QED) is 0.330. The summed E-state index contributed by atoms with van der Waals surface area (Å²) in [6.45, 7) is 6.47. The van der Waals surface area contributed by atoms with Crippen LogP contribution in [0.5, 0.6) is 0 Å². The number of thiophene rings is 1. The zero-order valence-corrected chi connectivity index (χ0v) is 17.5. The summed E-state index contributed by atoms with van der Waals surface area (Å²) >= 11 is 1.79. The first-order valence-corrected chi connectivity index (χ1v) is 8.94. The summed E-state index contributed by atoms with van der Waals surface area (Å²) in [6, 6.07) is 10.2. The van der Waals surface area contributed by atoms with Crippen LogP contribution in [0.25, 0.3) is 5.65 Å². The molecule has 3 rings (SSSR count). The molecular formula is C17H23IN6S. The number of hydrogen-bond acceptors (Lipinski definition) is 4. The highest BCUT2D eigenvalue weighted by Gasteiger charge is 2.05. The Hall–Kier alpha value is -1.68. The van der Waals surface area contributed by atoms with Crippen molar-refractivity contribution in [2.75, 3.05) is 13.1 Å². The predicted molar refractivity (Wildman–Crippen MR) is 114 cm³/mol. The Kier molecular flexibility index (Phi) is 7.63. The maximum absolute atomic E-state index is 4.64. The number of fused-ring (bicyclic) bond motifs is 1. The lowest BCUT2D eigenvalue weighted by molar-refractivity contribution is 0.764. The molecule has 0 saturated carbocycles. The molecule has 0 spiro atoms. The van der Waals surface area contributed by atoms with Gasteiger partial charge in [-0.1, -0.05) is 6.07 Å². The molecule has 0 fully saturated rings. The minimum absolute atomic E-state index is 0. The Labute approximate surface area is 168 Å². The Morgan fingerprint density at radius 3 is 2.84 bits per heavy atom. The largest absolute Gasteiger partial charge is 0.357 e. The lowest BCUT2D eigenvalue weighted by Crippen LogP contribution is -2.38. The van der Waals surface area contributed by atoms with Crippen LogP contribution in [0.15, 0.2) is 41.5 Å². The van der Waals surface area contributed by atoms with Crippen LogP contribution in [0, 0.1) is 6.92 Å². The minimum atomic E-state index is 0. The van der Waals surface area contributed by atoms with Gasteiger partial charge in [-0.05, 0) is 38.1 Å². The van der Waals surface area contributed by atoms with E-state index >= 15 is 0 Å². The molecule has 0 aliphatic rings. The van der Waals surface area contributed by atoms with E-state index in [9.17, 15) is 0 Å². The summed E-state index contributed by atoms with van der Waals surface area (Å²) in [7, 11) is 0. The third kappa shape index (κ3) is 5.40. The molecule has 25 heavy (non-hydrogen) atoms. The number of halogens is 1. The minimum Gasteiger partial charge on any atom is -0.357 e. The number of rotatable bonds is 6. The fourth-order valence-corrected chi connectivity index (χ4v) is 3.24. The van der Waals surface area contributed by atoms with Crippen LogP contribution in [0.2, 0.25) is 0 Å². The second kappa shape index (κ2) is 9.71. The number of hydrogen-bond donors (Lipinski definition) is 2. The normalized spacial score (nSPS) is 11.4. The third-order valence-electron chi connectivity index (χ3n) is 3.56. The molecule has 0 amide bonds. The van der Waals surface area contributed by atoms with E-state index in [0.717, 1.165) is 36.9 Å². The fraction of sp³-hybridized carbons (Fsp3) is 0.353. The van der Waals surface area contributed by atoms with E-state index in [1.807, 2.05) is 28.8 Å². The van der Waals surface area contributed by atoms with Crippen molar-refractivity contribution in [1.82, 2.24) is 25.2 Å². The summed E-state index contributed by atoms with van der Waals surface area (Å²) in [4.78, 5) is 7.23. The lowest BCUT2D eigenvalue weighted by Gasteiger charge is -2.10. The van der Waals surface area contributed by atoms with Gasteiger partial charge in [-0.3, -0.25) is 4.40 Å². The number of aromatic nitrogens is 3. The Balaban J connectivity index is 0.00000225. The van der Waals surface area contributed by atoms with Crippen molar-refractivity contribution in [2.45, 2.75) is 26.8 Å². The van der Waals surface area contributed by atoms with E-state index < -0.39 is 0 Å². The van der Waals surface area contributed by atoms with Crippen LogP contribution >= 0.6 is 35.3 Å². The van der Waals surface area contributed by atoms with E-state index in [1.54, 1.807) is 11.3 Å². The summed E-state index contributed by atoms with van der Waals surface area (Å²) in [5.74, 6) is 1.78. The molecule has 0 bridgehead atoms. The molecule has 0 aliphatic carbocycles. The smallest absolute Gasteiger partial charge is 0.191 e. The second-order valence-electron chi connectivity index (χ2n) is 5.43. The van der Waals surface area contributed by atoms with Gasteiger partial charge in [0.05, 0.1) is 6.54 Å². The van der Waals surface area contributed by atoms with Gasteiger partial charge in [-0.2, -0.15) is 0 Å². The topological polar surface area (TPSA) is 66.6 Å². The van der Waals surface area contributed by atoms with Gasteiger partial charge in [-0.15, -0.1) is 45.5 Å². The SMILES string of the molecule is CCNC(=NCc1ccc(C)s1)NCCc1nnc2ccccn12.I. The van der Waals surface area contributed by atoms with Crippen molar-refractivity contribution < 1.29 is 0 Å². The van der Waals surface area contributed by atoms with Gasteiger partial charge in [0.1, 0.15) is 5.82 Å². The van der Waals surface area contributed by atoms with Crippen molar-refractivity contribution in [3.63, 3.8) is 0 Å². The molecule has 3 heterocycles. The summed E-state index contributed by atoms with van der Waals surface area (Å²) < 4.78 is 2.01. The second-order valence-corrected chi connectivity index (χ2v) is 6.80. The van der Waals surface area contributed by atoms with Crippen LogP contribution < -0.4 is 10.6 Å². The van der Waals surface area contributed by atoms with E-state index in [4.69, 9.17) is 0 Å². The zero-order chi connectivity index (χ0) is 16.8. The Morgan fingerprint density at radius 2 is 2.08 bits per heavy atom. The van der Waals surface area contributed by atoms with Crippen molar-refractivity contribution in [3.05, 3.63) is 52.1 Å². The van der Waals surface area contributed by atoms with E-state index in [-0.39, 0.29) is 24.0 Å². The van der Waals surface area contributed by atoms with E-state index in [2.05, 4.69) is 51.8 Å². The monoisotopic (exact) mass is 470 g/mol. The van der Waals surface area contributed by atoms with Crippen molar-refractivity contribution >= 4 is 46.9 Å². The highest BCUT2D eigenvalue weighted by molar-refractivity contribution is 14.0. The first-order chi connectivity index (χ1) is 11.8. The van der Waals surface area contributed by atoms with Crippen LogP contribution in [0.3, 0.4) is 0 Å². The number of nitrogens with one attached hydrogen (secondary N) is 2. The molecule has 0 saturated heterocycles. The zero-order valence-electron chi connectivity index (χ0n) is 14.4. The van der Waals surface area contributed by atoms with Gasteiger partial charge in [0.25, 0.3) is 0 Å². The molecule has 8 heteroatoms. The van der Waals surface area contributed by atoms with E-state index in [0.29, 0.717) is 6.54 Å². The van der Waals surface area contributed by atoms with Crippen LogP contribution in [0.1, 0.15) is 22.5 Å². The molecule has 0 radical (unpaired) electrons. The highest BCUT2D eigenvalue weighted by Crippen LogP contribution is 2.15. The van der Waals surface area contributed by atoms with Crippen LogP contribution in [-0.4, -0.2) is 33.6 Å². The van der Waals surface area contributed by atoms with Gasteiger partial charge in [-0.25, -0.2) is 4.99 Å². The molecule has 134 valence electrons. The number of nitrogens with zero attached hydrogens (tertiary/aromatic N) is 4. The average Bonchev–Trinajstić information content (AvgIpc) is 3.19. The van der Waals surface area contributed by atoms with Gasteiger partial charge >= 0.3 is 0 Å². The summed E-state index contributed by atoms with van der Waals surface area (Å²) in [5, 5.41) is 15.1. The molecule has 2 N–H and O–H groups in total. The predicted octanol–water partition coefficient (Wildman–Crippen LogP) is 3.02.